The van der Waals surface area contributed by atoms with Gasteiger partial charge in [0.25, 0.3) is 0 Å². The molecule has 2 aromatic carbocycles. The number of nitrogens with zero attached hydrogens (tertiary/aromatic N) is 4. The van der Waals surface area contributed by atoms with Gasteiger partial charge in [0, 0.05) is 29.3 Å². The van der Waals surface area contributed by atoms with Crippen molar-refractivity contribution in [3.05, 3.63) is 88.3 Å². The summed E-state index contributed by atoms with van der Waals surface area (Å²) in [6.45, 7) is 0. The second-order valence-electron chi connectivity index (χ2n) is 6.12. The molecule has 2 heterocycles. The van der Waals surface area contributed by atoms with Crippen LogP contribution >= 0.6 is 11.3 Å². The van der Waals surface area contributed by atoms with Crippen LogP contribution < -0.4 is 4.80 Å². The van der Waals surface area contributed by atoms with E-state index in [0.29, 0.717) is 17.0 Å². The molecule has 0 amide bonds. The lowest BCUT2D eigenvalue weighted by Gasteiger charge is -2.06. The van der Waals surface area contributed by atoms with Crippen molar-refractivity contribution in [3.8, 4) is 22.8 Å². The molecule has 0 saturated heterocycles. The number of benzene rings is 2. The Morgan fingerprint density at radius 2 is 1.90 bits per heavy atom. The SMILES string of the molecule is Oc1ccc(-c2csc(=Nc3ccc(F)cc3F)n2/N=C/c2ccccn2)c(O)c1. The van der Waals surface area contributed by atoms with E-state index in [1.165, 1.54) is 35.2 Å². The van der Waals surface area contributed by atoms with Gasteiger partial charge in [-0.2, -0.15) is 5.10 Å². The van der Waals surface area contributed by atoms with Gasteiger partial charge in [0.05, 0.1) is 17.6 Å². The highest BCUT2D eigenvalue weighted by Crippen LogP contribution is 2.32. The largest absolute Gasteiger partial charge is 0.508 e. The van der Waals surface area contributed by atoms with Gasteiger partial charge in [0.15, 0.2) is 5.82 Å². The average Bonchev–Trinajstić information content (AvgIpc) is 3.11. The third kappa shape index (κ3) is 4.11. The molecule has 2 aromatic heterocycles. The van der Waals surface area contributed by atoms with E-state index in [1.54, 1.807) is 29.8 Å². The van der Waals surface area contributed by atoms with Gasteiger partial charge in [0.1, 0.15) is 23.0 Å². The van der Waals surface area contributed by atoms with Crippen LogP contribution in [0.1, 0.15) is 5.69 Å². The molecule has 4 rings (SSSR count). The van der Waals surface area contributed by atoms with Crippen LogP contribution in [0.4, 0.5) is 14.5 Å². The van der Waals surface area contributed by atoms with Gasteiger partial charge in [-0.1, -0.05) is 6.07 Å². The summed E-state index contributed by atoms with van der Waals surface area (Å²) in [5.41, 5.74) is 1.38. The predicted octanol–water partition coefficient (Wildman–Crippen LogP) is 4.42. The van der Waals surface area contributed by atoms with Crippen LogP contribution in [0.3, 0.4) is 0 Å². The lowest BCUT2D eigenvalue weighted by molar-refractivity contribution is 0.451. The molecule has 4 aromatic rings. The highest BCUT2D eigenvalue weighted by Gasteiger charge is 2.13. The fraction of sp³-hybridized carbons (Fsp3) is 0. The van der Waals surface area contributed by atoms with E-state index >= 15 is 0 Å². The van der Waals surface area contributed by atoms with Gasteiger partial charge in [-0.05, 0) is 36.4 Å². The molecule has 0 fully saturated rings. The second-order valence-corrected chi connectivity index (χ2v) is 6.96. The molecule has 0 spiro atoms. The Bertz CT molecular complexity index is 1300. The first-order valence-electron chi connectivity index (χ1n) is 8.69. The number of aromatic nitrogens is 2. The van der Waals surface area contributed by atoms with Crippen LogP contribution in [-0.4, -0.2) is 26.1 Å². The van der Waals surface area contributed by atoms with Crippen molar-refractivity contribution in [2.24, 2.45) is 10.1 Å². The molecule has 0 aliphatic rings. The van der Waals surface area contributed by atoms with Gasteiger partial charge in [-0.25, -0.2) is 18.4 Å². The highest BCUT2D eigenvalue weighted by atomic mass is 32.1. The molecular weight excluding hydrogens is 410 g/mol. The van der Waals surface area contributed by atoms with E-state index in [4.69, 9.17) is 0 Å². The Morgan fingerprint density at radius 1 is 1.03 bits per heavy atom. The highest BCUT2D eigenvalue weighted by molar-refractivity contribution is 7.07. The number of hydrogen-bond donors (Lipinski definition) is 2. The minimum Gasteiger partial charge on any atom is -0.508 e. The van der Waals surface area contributed by atoms with Gasteiger partial charge in [0.2, 0.25) is 4.80 Å². The van der Waals surface area contributed by atoms with Crippen LogP contribution in [-0.2, 0) is 0 Å². The zero-order chi connectivity index (χ0) is 21.1. The molecule has 150 valence electrons. The Kier molecular flexibility index (Phi) is 5.36. The number of phenols is 2. The molecule has 2 N–H and O–H groups in total. The molecule has 0 aliphatic carbocycles. The third-order valence-corrected chi connectivity index (χ3v) is 4.88. The predicted molar refractivity (Wildman–Crippen MR) is 110 cm³/mol. The first kappa shape index (κ1) is 19.5. The summed E-state index contributed by atoms with van der Waals surface area (Å²) >= 11 is 1.15. The Hall–Kier alpha value is -3.85. The number of phenolic OH excluding ortho intramolecular Hbond substituents is 2. The van der Waals surface area contributed by atoms with Crippen LogP contribution in [0.15, 0.2) is 76.3 Å². The minimum absolute atomic E-state index is 0.0542. The van der Waals surface area contributed by atoms with Gasteiger partial charge < -0.3 is 10.2 Å². The van der Waals surface area contributed by atoms with E-state index in [-0.39, 0.29) is 22.0 Å². The van der Waals surface area contributed by atoms with E-state index in [2.05, 4.69) is 15.1 Å². The summed E-state index contributed by atoms with van der Waals surface area (Å²) in [7, 11) is 0. The number of halogens is 2. The normalized spacial score (nSPS) is 12.0. The quantitative estimate of drug-likeness (QED) is 0.476. The Balaban J connectivity index is 1.89. The van der Waals surface area contributed by atoms with Gasteiger partial charge in [-0.15, -0.1) is 11.3 Å². The summed E-state index contributed by atoms with van der Waals surface area (Å²) in [4.78, 5) is 8.72. The van der Waals surface area contributed by atoms with Crippen molar-refractivity contribution in [1.29, 1.82) is 0 Å². The first-order valence-corrected chi connectivity index (χ1v) is 9.57. The van der Waals surface area contributed by atoms with Crippen molar-refractivity contribution in [1.82, 2.24) is 9.66 Å². The fourth-order valence-electron chi connectivity index (χ4n) is 2.66. The van der Waals surface area contributed by atoms with Crippen LogP contribution in [0.2, 0.25) is 0 Å². The molecule has 0 unspecified atom stereocenters. The molecule has 0 atom stereocenters. The second kappa shape index (κ2) is 8.26. The van der Waals surface area contributed by atoms with Gasteiger partial charge in [-0.3, -0.25) is 4.98 Å². The smallest absolute Gasteiger partial charge is 0.211 e. The number of rotatable bonds is 4. The first-order chi connectivity index (χ1) is 14.5. The van der Waals surface area contributed by atoms with E-state index in [1.807, 2.05) is 0 Å². The Morgan fingerprint density at radius 3 is 2.63 bits per heavy atom. The zero-order valence-electron chi connectivity index (χ0n) is 15.3. The monoisotopic (exact) mass is 424 g/mol. The third-order valence-electron chi connectivity index (χ3n) is 4.06. The van der Waals surface area contributed by atoms with Crippen LogP contribution in [0.25, 0.3) is 11.3 Å². The topological polar surface area (TPSA) is 83.0 Å². The maximum atomic E-state index is 14.1. The maximum Gasteiger partial charge on any atom is 0.211 e. The molecule has 0 aliphatic heterocycles. The van der Waals surface area contributed by atoms with Crippen molar-refractivity contribution in [3.63, 3.8) is 0 Å². The maximum absolute atomic E-state index is 14.1. The summed E-state index contributed by atoms with van der Waals surface area (Å²) < 4.78 is 28.7. The molecule has 9 heteroatoms. The number of thiazole rings is 1. The Labute approximate surface area is 173 Å². The van der Waals surface area contributed by atoms with Crippen molar-refractivity contribution in [2.45, 2.75) is 0 Å². The zero-order valence-corrected chi connectivity index (χ0v) is 16.1. The summed E-state index contributed by atoms with van der Waals surface area (Å²) in [5.74, 6) is -1.76. The van der Waals surface area contributed by atoms with E-state index in [0.717, 1.165) is 23.5 Å². The van der Waals surface area contributed by atoms with Crippen molar-refractivity contribution in [2.75, 3.05) is 0 Å². The lowest BCUT2D eigenvalue weighted by Crippen LogP contribution is -2.12. The number of hydrogen-bond acceptors (Lipinski definition) is 6. The van der Waals surface area contributed by atoms with E-state index < -0.39 is 11.6 Å². The van der Waals surface area contributed by atoms with Crippen LogP contribution in [0.5, 0.6) is 11.5 Å². The van der Waals surface area contributed by atoms with Gasteiger partial charge >= 0.3 is 0 Å². The van der Waals surface area contributed by atoms with Crippen molar-refractivity contribution < 1.29 is 19.0 Å². The molecule has 30 heavy (non-hydrogen) atoms. The number of aromatic hydroxyl groups is 2. The summed E-state index contributed by atoms with van der Waals surface area (Å²) in [6.07, 6.45) is 3.11. The van der Waals surface area contributed by atoms with Crippen LogP contribution in [0, 0.1) is 11.6 Å². The molecule has 0 radical (unpaired) electrons. The average molecular weight is 424 g/mol. The minimum atomic E-state index is -0.808. The summed E-state index contributed by atoms with van der Waals surface area (Å²) in [6, 6.07) is 12.6. The van der Waals surface area contributed by atoms with Crippen molar-refractivity contribution >= 4 is 23.2 Å². The summed E-state index contributed by atoms with van der Waals surface area (Å²) in [5, 5.41) is 25.9. The molecule has 0 saturated carbocycles. The number of pyridine rings is 1. The fourth-order valence-corrected chi connectivity index (χ4v) is 3.50. The molecule has 0 bridgehead atoms. The molecule has 6 nitrogen and oxygen atoms in total. The van der Waals surface area contributed by atoms with E-state index in [9.17, 15) is 19.0 Å². The lowest BCUT2D eigenvalue weighted by atomic mass is 10.1. The molecular formula is C21H14F2N4O2S. The standard InChI is InChI=1S/C21H14F2N4O2S/c22-13-4-7-18(17(23)9-13)26-21-27(25-11-14-3-1-2-8-24-14)19(12-30-21)16-6-5-15(28)10-20(16)29/h1-12,28-29H/b25-11+,26-21?.